The van der Waals surface area contributed by atoms with Gasteiger partial charge >= 0.3 is 11.8 Å². The molecule has 3 aromatic rings. The van der Waals surface area contributed by atoms with Gasteiger partial charge in [0.15, 0.2) is 5.75 Å². The molecular weight excluding hydrogens is 528 g/mol. The van der Waals surface area contributed by atoms with E-state index in [9.17, 15) is 20.0 Å². The molecule has 1 saturated carbocycles. The minimum atomic E-state index is -0.911. The molecule has 1 N–H and O–H groups in total. The number of hydrogen-bond acceptors (Lipinski definition) is 8. The topological polar surface area (TPSA) is 129 Å². The fourth-order valence-electron chi connectivity index (χ4n) is 5.93. The summed E-state index contributed by atoms with van der Waals surface area (Å²) in [5.74, 6) is 0.184. The lowest BCUT2D eigenvalue weighted by molar-refractivity contribution is -0.385. The largest absolute Gasteiger partial charge is 0.490 e. The average molecular weight is 567 g/mol. The van der Waals surface area contributed by atoms with Crippen molar-refractivity contribution in [1.82, 2.24) is 14.7 Å². The molecule has 5 rings (SSSR count). The Labute approximate surface area is 239 Å². The summed E-state index contributed by atoms with van der Waals surface area (Å²) in [5.41, 5.74) is 0.601. The molecule has 2 heterocycles. The number of amides is 1. The number of nitrogens with zero attached hydrogens (tertiary/aromatic N) is 4. The smallest absolute Gasteiger partial charge is 0.410 e. The van der Waals surface area contributed by atoms with E-state index in [4.69, 9.17) is 14.2 Å². The first-order valence-corrected chi connectivity index (χ1v) is 14.3. The van der Waals surface area contributed by atoms with Gasteiger partial charge in [0, 0.05) is 42.9 Å². The van der Waals surface area contributed by atoms with Gasteiger partial charge in [-0.15, -0.1) is 0 Å². The van der Waals surface area contributed by atoms with Crippen LogP contribution in [0.25, 0.3) is 10.9 Å². The van der Waals surface area contributed by atoms with E-state index in [2.05, 4.69) is 5.10 Å². The van der Waals surface area contributed by atoms with E-state index in [-0.39, 0.29) is 42.8 Å². The molecule has 0 radical (unpaired) electrons. The zero-order valence-corrected chi connectivity index (χ0v) is 23.4. The number of aliphatic hydroxyl groups is 1. The van der Waals surface area contributed by atoms with Gasteiger partial charge < -0.3 is 24.2 Å². The molecule has 0 bridgehead atoms. The number of aromatic nitrogens is 2. The molecule has 1 amide bonds. The van der Waals surface area contributed by atoms with Crippen molar-refractivity contribution in [3.8, 4) is 5.75 Å². The lowest BCUT2D eigenvalue weighted by atomic mass is 9.83. The van der Waals surface area contributed by atoms with Gasteiger partial charge in [0.1, 0.15) is 6.61 Å². The highest BCUT2D eigenvalue weighted by Crippen LogP contribution is 2.37. The van der Waals surface area contributed by atoms with E-state index < -0.39 is 10.5 Å². The fourth-order valence-corrected chi connectivity index (χ4v) is 5.93. The normalized spacial score (nSPS) is 22.9. The maximum Gasteiger partial charge on any atom is 0.410 e. The van der Waals surface area contributed by atoms with Gasteiger partial charge in [0.2, 0.25) is 0 Å². The summed E-state index contributed by atoms with van der Waals surface area (Å²) >= 11 is 0. The Kier molecular flexibility index (Phi) is 9.04. The number of benzene rings is 2. The zero-order valence-electron chi connectivity index (χ0n) is 23.4. The number of methoxy groups -OCH3 is 1. The van der Waals surface area contributed by atoms with Crippen molar-refractivity contribution in [3.05, 3.63) is 64.3 Å². The van der Waals surface area contributed by atoms with Crippen molar-refractivity contribution < 1.29 is 29.0 Å². The molecule has 1 unspecified atom stereocenters. The summed E-state index contributed by atoms with van der Waals surface area (Å²) in [4.78, 5) is 25.5. The van der Waals surface area contributed by atoms with Gasteiger partial charge in [-0.2, -0.15) is 5.10 Å². The first-order chi connectivity index (χ1) is 19.8. The van der Waals surface area contributed by atoms with E-state index in [0.29, 0.717) is 43.3 Å². The Balaban J connectivity index is 1.08. The summed E-state index contributed by atoms with van der Waals surface area (Å²) < 4.78 is 18.5. The summed E-state index contributed by atoms with van der Waals surface area (Å²) in [6.07, 6.45) is 7.78. The SMILES string of the molecule is COc1cc2nn(C3CCC(O)(COCCC4CCCCN4C(=O)OCc4ccccc4)CC3)cc2cc1[N+](=O)[O-]. The van der Waals surface area contributed by atoms with E-state index in [1.807, 2.05) is 46.1 Å². The van der Waals surface area contributed by atoms with Gasteiger partial charge in [0.25, 0.3) is 0 Å². The molecule has 1 saturated heterocycles. The van der Waals surface area contributed by atoms with Crippen molar-refractivity contribution in [1.29, 1.82) is 0 Å². The Bertz CT molecular complexity index is 1340. The number of nitro groups is 1. The summed E-state index contributed by atoms with van der Waals surface area (Å²) in [5, 5.41) is 27.8. The minimum Gasteiger partial charge on any atom is -0.490 e. The standard InChI is InChI=1S/C30H38N4O7/c1-39-28-18-26-23(17-27(28)34(37)38)19-33(31-26)25-10-13-30(36,14-11-25)21-40-16-12-24-9-5-6-15-32(24)29(35)41-20-22-7-3-2-4-8-22/h2-4,7-8,17-19,24-25,36H,5-6,9-16,20-21H2,1H3. The monoisotopic (exact) mass is 566 g/mol. The molecule has 1 aliphatic heterocycles. The Morgan fingerprint density at radius 2 is 1.95 bits per heavy atom. The summed E-state index contributed by atoms with van der Waals surface area (Å²) in [7, 11) is 1.40. The van der Waals surface area contributed by atoms with Gasteiger partial charge in [0.05, 0.1) is 35.8 Å². The lowest BCUT2D eigenvalue weighted by Crippen LogP contribution is -2.45. The lowest BCUT2D eigenvalue weighted by Gasteiger charge is -2.37. The maximum atomic E-state index is 12.8. The highest BCUT2D eigenvalue weighted by Gasteiger charge is 2.35. The van der Waals surface area contributed by atoms with Crippen LogP contribution >= 0.6 is 0 Å². The Morgan fingerprint density at radius 3 is 2.68 bits per heavy atom. The molecule has 2 aromatic carbocycles. The molecule has 1 atom stereocenters. The number of carbonyl (C=O) groups excluding carboxylic acids is 1. The number of likely N-dealkylation sites (tertiary alicyclic amines) is 1. The average Bonchev–Trinajstić information content (AvgIpc) is 3.41. The first-order valence-electron chi connectivity index (χ1n) is 14.3. The molecule has 1 aromatic heterocycles. The van der Waals surface area contributed by atoms with E-state index in [1.54, 1.807) is 6.07 Å². The molecule has 220 valence electrons. The molecule has 2 aliphatic rings. The molecule has 11 heteroatoms. The molecular formula is C30H38N4O7. The highest BCUT2D eigenvalue weighted by molar-refractivity contribution is 5.83. The second-order valence-electron chi connectivity index (χ2n) is 11.1. The predicted molar refractivity (Wildman–Crippen MR) is 152 cm³/mol. The second kappa shape index (κ2) is 12.9. The van der Waals surface area contributed by atoms with Crippen molar-refractivity contribution >= 4 is 22.7 Å². The van der Waals surface area contributed by atoms with Crippen molar-refractivity contribution in [2.45, 2.75) is 75.7 Å². The van der Waals surface area contributed by atoms with Gasteiger partial charge in [-0.1, -0.05) is 30.3 Å². The summed E-state index contributed by atoms with van der Waals surface area (Å²) in [6.45, 7) is 1.65. The van der Waals surface area contributed by atoms with Gasteiger partial charge in [-0.3, -0.25) is 14.8 Å². The minimum absolute atomic E-state index is 0.0702. The zero-order chi connectivity index (χ0) is 28.8. The van der Waals surface area contributed by atoms with Crippen LogP contribution in [0.15, 0.2) is 48.7 Å². The third kappa shape index (κ3) is 6.97. The number of carbonyl (C=O) groups is 1. The van der Waals surface area contributed by atoms with Crippen LogP contribution in [0.2, 0.25) is 0 Å². The predicted octanol–water partition coefficient (Wildman–Crippen LogP) is 5.40. The second-order valence-corrected chi connectivity index (χ2v) is 11.1. The third-order valence-corrected chi connectivity index (χ3v) is 8.31. The van der Waals surface area contributed by atoms with E-state index >= 15 is 0 Å². The van der Waals surface area contributed by atoms with Crippen molar-refractivity contribution in [3.63, 3.8) is 0 Å². The van der Waals surface area contributed by atoms with Crippen molar-refractivity contribution in [2.75, 3.05) is 26.9 Å². The first kappa shape index (κ1) is 28.8. The van der Waals surface area contributed by atoms with Crippen LogP contribution in [0.1, 0.15) is 63.0 Å². The van der Waals surface area contributed by atoms with Crippen LogP contribution in [0.5, 0.6) is 5.75 Å². The number of rotatable bonds is 10. The molecule has 11 nitrogen and oxygen atoms in total. The number of piperidine rings is 1. The fraction of sp³-hybridized carbons (Fsp3) is 0.533. The number of hydrogen-bond donors (Lipinski definition) is 1. The van der Waals surface area contributed by atoms with Gasteiger partial charge in [-0.05, 0) is 56.9 Å². The number of ether oxygens (including phenoxy) is 3. The van der Waals surface area contributed by atoms with Crippen LogP contribution in [-0.2, 0) is 16.1 Å². The van der Waals surface area contributed by atoms with Crippen LogP contribution in [0.3, 0.4) is 0 Å². The third-order valence-electron chi connectivity index (χ3n) is 8.31. The number of fused-ring (bicyclic) bond motifs is 1. The van der Waals surface area contributed by atoms with Crippen molar-refractivity contribution in [2.24, 2.45) is 0 Å². The highest BCUT2D eigenvalue weighted by atomic mass is 16.6. The summed E-state index contributed by atoms with van der Waals surface area (Å²) in [6, 6.07) is 12.9. The van der Waals surface area contributed by atoms with Crippen LogP contribution in [0.4, 0.5) is 10.5 Å². The maximum absolute atomic E-state index is 12.8. The van der Waals surface area contributed by atoms with Crippen LogP contribution in [-0.4, -0.2) is 69.3 Å². The molecule has 41 heavy (non-hydrogen) atoms. The van der Waals surface area contributed by atoms with Gasteiger partial charge in [-0.25, -0.2) is 4.79 Å². The van der Waals surface area contributed by atoms with Crippen LogP contribution < -0.4 is 4.74 Å². The number of nitro benzene ring substituents is 1. The Hall–Kier alpha value is -3.70. The molecule has 2 fully saturated rings. The molecule has 1 aliphatic carbocycles. The Morgan fingerprint density at radius 1 is 1.17 bits per heavy atom. The molecule has 0 spiro atoms. The quantitative estimate of drug-likeness (QED) is 0.196. The van der Waals surface area contributed by atoms with E-state index in [1.165, 1.54) is 13.2 Å². The van der Waals surface area contributed by atoms with E-state index in [0.717, 1.165) is 37.7 Å². The van der Waals surface area contributed by atoms with Crippen LogP contribution in [0, 0.1) is 10.1 Å².